The zero-order chi connectivity index (χ0) is 13.2. The van der Waals surface area contributed by atoms with Gasteiger partial charge in [0.15, 0.2) is 0 Å². The van der Waals surface area contributed by atoms with Crippen molar-refractivity contribution < 1.29 is 9.90 Å². The average molecular weight is 259 g/mol. The fourth-order valence-corrected chi connectivity index (χ4v) is 2.27. The molecule has 0 unspecified atom stereocenters. The second-order valence-corrected chi connectivity index (χ2v) is 4.86. The molecule has 0 atom stereocenters. The molecule has 1 saturated carbocycles. The standard InChI is InChI=1S/C14H17N3O2/c18-8-7-17(12-2-3-12)14(19)16-11-1-4-13-10(9-11)5-6-15-13/h1,4-6,9,12,15,18H,2-3,7-8H2,(H,16,19). The van der Waals surface area contributed by atoms with Crippen LogP contribution in [0, 0.1) is 0 Å². The SMILES string of the molecule is O=C(Nc1ccc2[nH]ccc2c1)N(CCO)C1CC1. The summed E-state index contributed by atoms with van der Waals surface area (Å²) < 4.78 is 0. The van der Waals surface area contributed by atoms with Crippen molar-refractivity contribution >= 4 is 22.6 Å². The molecule has 1 aromatic heterocycles. The van der Waals surface area contributed by atoms with Crippen LogP contribution in [-0.2, 0) is 0 Å². The lowest BCUT2D eigenvalue weighted by atomic mass is 10.2. The second kappa shape index (κ2) is 4.93. The van der Waals surface area contributed by atoms with E-state index in [0.717, 1.165) is 29.4 Å². The predicted molar refractivity (Wildman–Crippen MR) is 74.1 cm³/mol. The number of carbonyl (C=O) groups excluding carboxylic acids is 1. The minimum absolute atomic E-state index is 0.000760. The number of urea groups is 1. The van der Waals surface area contributed by atoms with Crippen molar-refractivity contribution in [1.82, 2.24) is 9.88 Å². The van der Waals surface area contributed by atoms with Gasteiger partial charge in [-0.1, -0.05) is 0 Å². The summed E-state index contributed by atoms with van der Waals surface area (Å²) in [5.74, 6) is 0. The number of nitrogens with one attached hydrogen (secondary N) is 2. The molecule has 0 radical (unpaired) electrons. The Balaban J connectivity index is 1.73. The van der Waals surface area contributed by atoms with Crippen molar-refractivity contribution in [2.24, 2.45) is 0 Å². The van der Waals surface area contributed by atoms with Crippen LogP contribution in [0.15, 0.2) is 30.5 Å². The lowest BCUT2D eigenvalue weighted by Crippen LogP contribution is -2.38. The van der Waals surface area contributed by atoms with Gasteiger partial charge in [-0.25, -0.2) is 4.79 Å². The van der Waals surface area contributed by atoms with Crippen molar-refractivity contribution in [3.05, 3.63) is 30.5 Å². The average Bonchev–Trinajstić information content (AvgIpc) is 3.13. The molecule has 0 bridgehead atoms. The molecule has 19 heavy (non-hydrogen) atoms. The van der Waals surface area contributed by atoms with Gasteiger partial charge in [-0.3, -0.25) is 0 Å². The molecule has 1 fully saturated rings. The molecule has 2 aromatic rings. The van der Waals surface area contributed by atoms with Gasteiger partial charge >= 0.3 is 6.03 Å². The summed E-state index contributed by atoms with van der Waals surface area (Å²) in [7, 11) is 0. The molecule has 0 spiro atoms. The molecule has 1 aliphatic carbocycles. The number of H-pyrrole nitrogens is 1. The van der Waals surface area contributed by atoms with Gasteiger partial charge in [0, 0.05) is 35.4 Å². The van der Waals surface area contributed by atoms with Crippen molar-refractivity contribution in [3.8, 4) is 0 Å². The molecule has 5 heteroatoms. The van der Waals surface area contributed by atoms with E-state index in [0.29, 0.717) is 12.6 Å². The number of aromatic amines is 1. The molecule has 0 saturated heterocycles. The fraction of sp³-hybridized carbons (Fsp3) is 0.357. The van der Waals surface area contributed by atoms with E-state index in [1.165, 1.54) is 0 Å². The van der Waals surface area contributed by atoms with E-state index in [-0.39, 0.29) is 12.6 Å². The van der Waals surface area contributed by atoms with Crippen molar-refractivity contribution in [2.45, 2.75) is 18.9 Å². The topological polar surface area (TPSA) is 68.4 Å². The van der Waals surface area contributed by atoms with Crippen LogP contribution in [0.2, 0.25) is 0 Å². The third kappa shape index (κ3) is 2.56. The van der Waals surface area contributed by atoms with Gasteiger partial charge in [-0.2, -0.15) is 0 Å². The van der Waals surface area contributed by atoms with Crippen LogP contribution in [0.5, 0.6) is 0 Å². The highest BCUT2D eigenvalue weighted by Crippen LogP contribution is 2.27. The van der Waals surface area contributed by atoms with Crippen LogP contribution in [0.3, 0.4) is 0 Å². The maximum absolute atomic E-state index is 12.2. The van der Waals surface area contributed by atoms with E-state index in [2.05, 4.69) is 10.3 Å². The van der Waals surface area contributed by atoms with Crippen LogP contribution in [0.1, 0.15) is 12.8 Å². The highest BCUT2D eigenvalue weighted by atomic mass is 16.3. The molecule has 2 amide bonds. The van der Waals surface area contributed by atoms with Gasteiger partial charge in [-0.15, -0.1) is 0 Å². The quantitative estimate of drug-likeness (QED) is 0.787. The molecule has 1 heterocycles. The number of amides is 2. The maximum atomic E-state index is 12.2. The van der Waals surface area contributed by atoms with Gasteiger partial charge in [0.25, 0.3) is 0 Å². The number of anilines is 1. The summed E-state index contributed by atoms with van der Waals surface area (Å²) in [6, 6.07) is 7.89. The molecule has 1 aromatic carbocycles. The van der Waals surface area contributed by atoms with Gasteiger partial charge in [0.05, 0.1) is 6.61 Å². The van der Waals surface area contributed by atoms with E-state index in [9.17, 15) is 4.79 Å². The van der Waals surface area contributed by atoms with E-state index in [1.54, 1.807) is 4.90 Å². The van der Waals surface area contributed by atoms with E-state index < -0.39 is 0 Å². The van der Waals surface area contributed by atoms with Gasteiger partial charge in [-0.05, 0) is 37.1 Å². The molecule has 1 aliphatic rings. The largest absolute Gasteiger partial charge is 0.395 e. The number of aliphatic hydroxyl groups excluding tert-OH is 1. The van der Waals surface area contributed by atoms with Gasteiger partial charge in [0.1, 0.15) is 0 Å². The van der Waals surface area contributed by atoms with Crippen LogP contribution in [0.25, 0.3) is 10.9 Å². The zero-order valence-corrected chi connectivity index (χ0v) is 10.6. The number of hydrogen-bond donors (Lipinski definition) is 3. The van der Waals surface area contributed by atoms with Gasteiger partial charge < -0.3 is 20.3 Å². The molecule has 0 aliphatic heterocycles. The third-order valence-electron chi connectivity index (χ3n) is 3.39. The number of nitrogens with zero attached hydrogens (tertiary/aromatic N) is 1. The second-order valence-electron chi connectivity index (χ2n) is 4.86. The Morgan fingerprint density at radius 1 is 1.42 bits per heavy atom. The van der Waals surface area contributed by atoms with Crippen LogP contribution < -0.4 is 5.32 Å². The smallest absolute Gasteiger partial charge is 0.322 e. The Labute approximate surface area is 111 Å². The Kier molecular flexibility index (Phi) is 3.13. The first-order valence-corrected chi connectivity index (χ1v) is 6.53. The van der Waals surface area contributed by atoms with E-state index in [4.69, 9.17) is 5.11 Å². The normalized spacial score (nSPS) is 14.6. The summed E-state index contributed by atoms with van der Waals surface area (Å²) in [6.07, 6.45) is 3.94. The Bertz CT molecular complexity index is 589. The van der Waals surface area contributed by atoms with Crippen LogP contribution in [-0.4, -0.2) is 40.2 Å². The molecule has 5 nitrogen and oxygen atoms in total. The number of hydrogen-bond acceptors (Lipinski definition) is 2. The third-order valence-corrected chi connectivity index (χ3v) is 3.39. The zero-order valence-electron chi connectivity index (χ0n) is 10.6. The van der Waals surface area contributed by atoms with E-state index in [1.807, 2.05) is 30.5 Å². The lowest BCUT2D eigenvalue weighted by Gasteiger charge is -2.21. The summed E-state index contributed by atoms with van der Waals surface area (Å²) >= 11 is 0. The van der Waals surface area contributed by atoms with Crippen molar-refractivity contribution in [3.63, 3.8) is 0 Å². The first-order chi connectivity index (χ1) is 9.28. The number of aliphatic hydroxyl groups is 1. The summed E-state index contributed by atoms with van der Waals surface area (Å²) in [6.45, 7) is 0.393. The Morgan fingerprint density at radius 3 is 3.00 bits per heavy atom. The number of benzene rings is 1. The lowest BCUT2D eigenvalue weighted by molar-refractivity contribution is 0.185. The number of carbonyl (C=O) groups is 1. The fourth-order valence-electron chi connectivity index (χ4n) is 2.27. The number of rotatable bonds is 4. The summed E-state index contributed by atoms with van der Waals surface area (Å²) in [5, 5.41) is 13.0. The molecular weight excluding hydrogens is 242 g/mol. The molecule has 3 rings (SSSR count). The minimum Gasteiger partial charge on any atom is -0.395 e. The molecule has 3 N–H and O–H groups in total. The first-order valence-electron chi connectivity index (χ1n) is 6.53. The Hall–Kier alpha value is -2.01. The first kappa shape index (κ1) is 12.0. The molecule has 100 valence electrons. The summed E-state index contributed by atoms with van der Waals surface area (Å²) in [5.41, 5.74) is 1.83. The monoisotopic (exact) mass is 259 g/mol. The maximum Gasteiger partial charge on any atom is 0.322 e. The predicted octanol–water partition coefficient (Wildman–Crippen LogP) is 2.16. The van der Waals surface area contributed by atoms with Crippen molar-refractivity contribution in [2.75, 3.05) is 18.5 Å². The summed E-state index contributed by atoms with van der Waals surface area (Å²) in [4.78, 5) is 17.0. The van der Waals surface area contributed by atoms with E-state index >= 15 is 0 Å². The Morgan fingerprint density at radius 2 is 2.26 bits per heavy atom. The highest BCUT2D eigenvalue weighted by Gasteiger charge is 2.32. The van der Waals surface area contributed by atoms with Gasteiger partial charge in [0.2, 0.25) is 0 Å². The van der Waals surface area contributed by atoms with Crippen LogP contribution >= 0.6 is 0 Å². The van der Waals surface area contributed by atoms with Crippen molar-refractivity contribution in [1.29, 1.82) is 0 Å². The van der Waals surface area contributed by atoms with Crippen LogP contribution in [0.4, 0.5) is 10.5 Å². The number of fused-ring (bicyclic) bond motifs is 1. The highest BCUT2D eigenvalue weighted by molar-refractivity contribution is 5.93. The number of aromatic nitrogens is 1. The molecular formula is C14H17N3O2. The minimum atomic E-state index is -0.133.